The maximum Gasteiger partial charge on any atom is 0.362 e. The van der Waals surface area contributed by atoms with Crippen LogP contribution in [-0.4, -0.2) is 43.2 Å². The lowest BCUT2D eigenvalue weighted by Gasteiger charge is -2.38. The molecule has 21 heavy (non-hydrogen) atoms. The Morgan fingerprint density at radius 1 is 1.10 bits per heavy atom. The van der Waals surface area contributed by atoms with Crippen molar-refractivity contribution >= 4 is 5.97 Å². The van der Waals surface area contributed by atoms with Crippen LogP contribution in [0.4, 0.5) is 0 Å². The highest BCUT2D eigenvalue weighted by Crippen LogP contribution is 2.32. The highest BCUT2D eigenvalue weighted by atomic mass is 16.5. The zero-order valence-electron chi connectivity index (χ0n) is 14.3. The number of piperidine rings is 1. The second kappa shape index (κ2) is 7.62. The Morgan fingerprint density at radius 3 is 2.43 bits per heavy atom. The van der Waals surface area contributed by atoms with Crippen molar-refractivity contribution in [2.75, 3.05) is 26.7 Å². The predicted molar refractivity (Wildman–Crippen MR) is 85.9 cm³/mol. The molecule has 0 aromatic heterocycles. The quantitative estimate of drug-likeness (QED) is 0.570. The minimum absolute atomic E-state index is 0.0417. The standard InChI is InChI=1S/C18H34NO2/c1-15(2)13-16-9-5-6-10-17(16)21-18(20)14-19(3)11-7-4-8-12-19/h15-17H,4-14H2,1-3H3/q+1/t16-,17-/m1/s1. The maximum atomic E-state index is 12.4. The van der Waals surface area contributed by atoms with Crippen LogP contribution in [0.1, 0.15) is 65.2 Å². The molecule has 3 heteroatoms. The zero-order chi connectivity index (χ0) is 15.3. The molecule has 1 saturated heterocycles. The Balaban J connectivity index is 1.84. The largest absolute Gasteiger partial charge is 0.458 e. The Labute approximate surface area is 130 Å². The molecule has 1 aliphatic carbocycles. The van der Waals surface area contributed by atoms with Gasteiger partial charge in [0.15, 0.2) is 6.54 Å². The van der Waals surface area contributed by atoms with Crippen LogP contribution in [0.2, 0.25) is 0 Å². The molecule has 0 N–H and O–H groups in total. The van der Waals surface area contributed by atoms with Crippen LogP contribution in [0.5, 0.6) is 0 Å². The number of likely N-dealkylation sites (tertiary alicyclic amines) is 1. The van der Waals surface area contributed by atoms with Gasteiger partial charge in [-0.2, -0.15) is 0 Å². The molecule has 122 valence electrons. The SMILES string of the molecule is CC(C)C[C@H]1CCCC[C@H]1OC(=O)C[N+]1(C)CCCCC1. The van der Waals surface area contributed by atoms with E-state index in [0.29, 0.717) is 18.4 Å². The first kappa shape index (κ1) is 16.8. The van der Waals surface area contributed by atoms with Crippen molar-refractivity contribution in [3.05, 3.63) is 0 Å². The van der Waals surface area contributed by atoms with Gasteiger partial charge in [-0.3, -0.25) is 0 Å². The Morgan fingerprint density at radius 2 is 1.76 bits per heavy atom. The average Bonchev–Trinajstić information content (AvgIpc) is 2.40. The fraction of sp³-hybridized carbons (Fsp3) is 0.944. The molecule has 0 unspecified atom stereocenters. The van der Waals surface area contributed by atoms with E-state index in [4.69, 9.17) is 4.74 Å². The van der Waals surface area contributed by atoms with Crippen molar-refractivity contribution in [2.45, 2.75) is 71.3 Å². The third-order valence-electron chi connectivity index (χ3n) is 5.30. The second-order valence-electron chi connectivity index (χ2n) is 7.99. The topological polar surface area (TPSA) is 26.3 Å². The molecule has 1 saturated carbocycles. The smallest absolute Gasteiger partial charge is 0.362 e. The number of likely N-dealkylation sites (N-methyl/N-ethyl adjacent to an activating group) is 1. The van der Waals surface area contributed by atoms with E-state index in [1.54, 1.807) is 0 Å². The number of nitrogens with zero attached hydrogens (tertiary/aromatic N) is 1. The van der Waals surface area contributed by atoms with E-state index in [1.807, 2.05) is 0 Å². The van der Waals surface area contributed by atoms with E-state index in [9.17, 15) is 4.79 Å². The first-order valence-electron chi connectivity index (χ1n) is 9.01. The lowest BCUT2D eigenvalue weighted by molar-refractivity contribution is -0.907. The summed E-state index contributed by atoms with van der Waals surface area (Å²) in [6.07, 6.45) is 10.1. The van der Waals surface area contributed by atoms with Crippen molar-refractivity contribution < 1.29 is 14.0 Å². The van der Waals surface area contributed by atoms with Crippen molar-refractivity contribution in [1.82, 2.24) is 0 Å². The summed E-state index contributed by atoms with van der Waals surface area (Å²) in [5, 5.41) is 0. The van der Waals surface area contributed by atoms with Gasteiger partial charge in [0.05, 0.1) is 20.1 Å². The summed E-state index contributed by atoms with van der Waals surface area (Å²) in [5.41, 5.74) is 0. The van der Waals surface area contributed by atoms with Gasteiger partial charge in [-0.25, -0.2) is 4.79 Å². The molecular weight excluding hydrogens is 262 g/mol. The third-order valence-corrected chi connectivity index (χ3v) is 5.30. The second-order valence-corrected chi connectivity index (χ2v) is 7.99. The van der Waals surface area contributed by atoms with Crippen molar-refractivity contribution in [3.8, 4) is 0 Å². The zero-order valence-corrected chi connectivity index (χ0v) is 14.3. The summed E-state index contributed by atoms with van der Waals surface area (Å²) in [6.45, 7) is 7.39. The molecule has 0 spiro atoms. The van der Waals surface area contributed by atoms with Crippen LogP contribution < -0.4 is 0 Å². The van der Waals surface area contributed by atoms with Crippen LogP contribution in [0.15, 0.2) is 0 Å². The number of hydrogen-bond donors (Lipinski definition) is 0. The molecule has 0 radical (unpaired) electrons. The minimum Gasteiger partial charge on any atom is -0.458 e. The van der Waals surface area contributed by atoms with E-state index in [2.05, 4.69) is 20.9 Å². The fourth-order valence-corrected chi connectivity index (χ4v) is 4.16. The van der Waals surface area contributed by atoms with Gasteiger partial charge in [-0.1, -0.05) is 20.3 Å². The van der Waals surface area contributed by atoms with E-state index in [-0.39, 0.29) is 12.1 Å². The molecule has 3 nitrogen and oxygen atoms in total. The number of quaternary nitrogens is 1. The number of ether oxygens (including phenoxy) is 1. The monoisotopic (exact) mass is 296 g/mol. The number of esters is 1. The summed E-state index contributed by atoms with van der Waals surface area (Å²) in [6, 6.07) is 0. The molecule has 2 aliphatic rings. The van der Waals surface area contributed by atoms with Crippen LogP contribution in [0, 0.1) is 11.8 Å². The van der Waals surface area contributed by atoms with Crippen LogP contribution in [0.3, 0.4) is 0 Å². The summed E-state index contributed by atoms with van der Waals surface area (Å²) < 4.78 is 6.81. The Kier molecular flexibility index (Phi) is 6.09. The van der Waals surface area contributed by atoms with E-state index in [1.165, 1.54) is 44.9 Å². The van der Waals surface area contributed by atoms with Crippen LogP contribution in [-0.2, 0) is 9.53 Å². The van der Waals surface area contributed by atoms with Gasteiger partial charge in [0.2, 0.25) is 0 Å². The average molecular weight is 296 g/mol. The molecule has 2 atom stereocenters. The van der Waals surface area contributed by atoms with Gasteiger partial charge in [0, 0.05) is 0 Å². The van der Waals surface area contributed by atoms with Crippen molar-refractivity contribution in [2.24, 2.45) is 11.8 Å². The van der Waals surface area contributed by atoms with E-state index in [0.717, 1.165) is 24.0 Å². The molecule has 0 aromatic carbocycles. The van der Waals surface area contributed by atoms with Crippen LogP contribution >= 0.6 is 0 Å². The third kappa shape index (κ3) is 5.28. The van der Waals surface area contributed by atoms with Crippen molar-refractivity contribution in [1.29, 1.82) is 0 Å². The molecule has 2 rings (SSSR count). The van der Waals surface area contributed by atoms with Gasteiger partial charge in [-0.15, -0.1) is 0 Å². The van der Waals surface area contributed by atoms with Gasteiger partial charge in [0.1, 0.15) is 6.10 Å². The molecule has 1 aliphatic heterocycles. The highest BCUT2D eigenvalue weighted by molar-refractivity contribution is 5.70. The summed E-state index contributed by atoms with van der Waals surface area (Å²) in [7, 11) is 2.22. The first-order chi connectivity index (χ1) is 9.98. The van der Waals surface area contributed by atoms with Gasteiger partial charge < -0.3 is 9.22 Å². The lowest BCUT2D eigenvalue weighted by Crippen LogP contribution is -2.51. The van der Waals surface area contributed by atoms with Gasteiger partial charge in [0.25, 0.3) is 0 Å². The molecule has 0 amide bonds. The van der Waals surface area contributed by atoms with Crippen LogP contribution in [0.25, 0.3) is 0 Å². The molecule has 1 heterocycles. The number of carbonyl (C=O) groups is 1. The maximum absolute atomic E-state index is 12.4. The predicted octanol–water partition coefficient (Wildman–Crippen LogP) is 3.77. The van der Waals surface area contributed by atoms with Gasteiger partial charge >= 0.3 is 5.97 Å². The van der Waals surface area contributed by atoms with E-state index >= 15 is 0 Å². The molecule has 0 aromatic rings. The highest BCUT2D eigenvalue weighted by Gasteiger charge is 2.33. The molecular formula is C18H34NO2+. The Bertz CT molecular complexity index is 334. The summed E-state index contributed by atoms with van der Waals surface area (Å²) in [4.78, 5) is 12.4. The first-order valence-corrected chi connectivity index (χ1v) is 9.01. The number of carbonyl (C=O) groups excluding carboxylic acids is 1. The Hall–Kier alpha value is -0.570. The minimum atomic E-state index is 0.0417. The van der Waals surface area contributed by atoms with E-state index < -0.39 is 0 Å². The molecule has 0 bridgehead atoms. The summed E-state index contributed by atoms with van der Waals surface area (Å²) >= 11 is 0. The van der Waals surface area contributed by atoms with Gasteiger partial charge in [-0.05, 0) is 56.8 Å². The molecule has 2 fully saturated rings. The number of rotatable bonds is 5. The fourth-order valence-electron chi connectivity index (χ4n) is 4.16. The van der Waals surface area contributed by atoms with Crippen molar-refractivity contribution in [3.63, 3.8) is 0 Å². The number of hydrogen-bond acceptors (Lipinski definition) is 2. The lowest BCUT2D eigenvalue weighted by atomic mass is 9.81. The summed E-state index contributed by atoms with van der Waals surface area (Å²) in [5.74, 6) is 1.33. The normalized spacial score (nSPS) is 29.3.